The average molecular weight is 244 g/mol. The van der Waals surface area contributed by atoms with Crippen LogP contribution in [0.25, 0.3) is 0 Å². The topological polar surface area (TPSA) is 39.8 Å². The van der Waals surface area contributed by atoms with Crippen LogP contribution in [0.5, 0.6) is 0 Å². The van der Waals surface area contributed by atoms with Gasteiger partial charge in [0.2, 0.25) is 0 Å². The molecule has 0 aliphatic rings. The molecule has 0 unspecified atom stereocenters. The Kier molecular flexibility index (Phi) is 2.93. The van der Waals surface area contributed by atoms with Crippen molar-refractivity contribution in [2.75, 3.05) is 0 Å². The number of halogens is 1. The van der Waals surface area contributed by atoms with Gasteiger partial charge >= 0.3 is 5.69 Å². The van der Waals surface area contributed by atoms with E-state index in [4.69, 9.17) is 11.6 Å². The molecule has 2 aromatic rings. The van der Waals surface area contributed by atoms with E-state index in [0.29, 0.717) is 12.4 Å². The van der Waals surface area contributed by atoms with Crippen molar-refractivity contribution in [1.29, 1.82) is 0 Å². The van der Waals surface area contributed by atoms with E-state index in [9.17, 15) is 4.79 Å². The minimum atomic E-state index is -0.0300. The summed E-state index contributed by atoms with van der Waals surface area (Å²) in [7, 11) is 1.73. The number of aromatic nitrogens is 3. The van der Waals surface area contributed by atoms with E-state index >= 15 is 0 Å². The first kappa shape index (κ1) is 10.4. The second kappa shape index (κ2) is 4.20. The van der Waals surface area contributed by atoms with Crippen molar-refractivity contribution in [3.63, 3.8) is 0 Å². The van der Waals surface area contributed by atoms with E-state index in [1.807, 2.05) is 5.38 Å². The monoisotopic (exact) mass is 243 g/mol. The van der Waals surface area contributed by atoms with Crippen LogP contribution < -0.4 is 5.69 Å². The summed E-state index contributed by atoms with van der Waals surface area (Å²) < 4.78 is 3.16. The number of nitrogens with zero attached hydrogens (tertiary/aromatic N) is 3. The summed E-state index contributed by atoms with van der Waals surface area (Å²) in [5, 5.41) is 2.81. The van der Waals surface area contributed by atoms with E-state index < -0.39 is 0 Å². The number of hydrogen-bond donors (Lipinski definition) is 0. The lowest BCUT2D eigenvalue weighted by molar-refractivity contribution is 0.713. The Labute approximate surface area is 95.8 Å². The highest BCUT2D eigenvalue weighted by atomic mass is 35.5. The number of rotatable bonds is 3. The van der Waals surface area contributed by atoms with Gasteiger partial charge in [-0.05, 0) is 0 Å². The van der Waals surface area contributed by atoms with Crippen LogP contribution in [0.15, 0.2) is 22.6 Å². The number of hydrogen-bond acceptors (Lipinski definition) is 3. The molecule has 0 saturated carbocycles. The zero-order valence-electron chi connectivity index (χ0n) is 8.18. The van der Waals surface area contributed by atoms with Crippen molar-refractivity contribution in [3.8, 4) is 0 Å². The normalized spacial score (nSPS) is 10.8. The molecule has 0 amide bonds. The lowest BCUT2D eigenvalue weighted by Gasteiger charge is -1.95. The minimum absolute atomic E-state index is 0.0300. The summed E-state index contributed by atoms with van der Waals surface area (Å²) in [4.78, 5) is 15.8. The summed E-state index contributed by atoms with van der Waals surface area (Å²) in [5.74, 6) is 0.417. The molecule has 6 heteroatoms. The molecule has 15 heavy (non-hydrogen) atoms. The Morgan fingerprint density at radius 2 is 2.33 bits per heavy atom. The molecule has 0 aromatic carbocycles. The number of imidazole rings is 1. The molecule has 0 aliphatic carbocycles. The molecule has 0 saturated heterocycles. The molecule has 0 atom stereocenters. The summed E-state index contributed by atoms with van der Waals surface area (Å²) in [5.41, 5.74) is 0.832. The lowest BCUT2D eigenvalue weighted by atomic mass is 10.5. The number of aryl methyl sites for hydroxylation is 1. The van der Waals surface area contributed by atoms with Crippen LogP contribution in [0.1, 0.15) is 10.7 Å². The largest absolute Gasteiger partial charge is 0.328 e. The number of thiazole rings is 1. The van der Waals surface area contributed by atoms with Crippen LogP contribution in [-0.2, 0) is 19.5 Å². The third kappa shape index (κ3) is 2.13. The van der Waals surface area contributed by atoms with E-state index in [0.717, 1.165) is 10.7 Å². The van der Waals surface area contributed by atoms with Gasteiger partial charge in [-0.25, -0.2) is 9.78 Å². The first-order valence-electron chi connectivity index (χ1n) is 4.41. The minimum Gasteiger partial charge on any atom is -0.302 e. The Bertz CT molecular complexity index is 513. The Morgan fingerprint density at radius 1 is 1.53 bits per heavy atom. The highest BCUT2D eigenvalue weighted by molar-refractivity contribution is 7.09. The molecule has 0 aliphatic heterocycles. The Hall–Kier alpha value is -1.07. The average Bonchev–Trinajstić information content (AvgIpc) is 2.80. The summed E-state index contributed by atoms with van der Waals surface area (Å²) in [6, 6.07) is 0. The Morgan fingerprint density at radius 3 is 2.87 bits per heavy atom. The molecule has 2 aromatic heterocycles. The fourth-order valence-electron chi connectivity index (χ4n) is 1.26. The Balaban J connectivity index is 2.22. The lowest BCUT2D eigenvalue weighted by Crippen LogP contribution is -2.22. The van der Waals surface area contributed by atoms with Gasteiger partial charge in [-0.15, -0.1) is 22.9 Å². The van der Waals surface area contributed by atoms with E-state index in [1.165, 1.54) is 15.9 Å². The molecular formula is C9H10ClN3OS. The van der Waals surface area contributed by atoms with Crippen molar-refractivity contribution in [3.05, 3.63) is 39.0 Å². The van der Waals surface area contributed by atoms with Gasteiger partial charge < -0.3 is 4.57 Å². The molecular weight excluding hydrogens is 234 g/mol. The van der Waals surface area contributed by atoms with Crippen LogP contribution in [-0.4, -0.2) is 14.1 Å². The predicted octanol–water partition coefficient (Wildman–Crippen LogP) is 1.43. The molecule has 0 spiro atoms. The van der Waals surface area contributed by atoms with Crippen LogP contribution in [0.2, 0.25) is 0 Å². The van der Waals surface area contributed by atoms with Gasteiger partial charge in [-0.1, -0.05) is 0 Å². The third-order valence-corrected chi connectivity index (χ3v) is 3.22. The van der Waals surface area contributed by atoms with Crippen LogP contribution >= 0.6 is 22.9 Å². The van der Waals surface area contributed by atoms with Gasteiger partial charge in [0.15, 0.2) is 0 Å². The second-order valence-electron chi connectivity index (χ2n) is 3.19. The van der Waals surface area contributed by atoms with Crippen molar-refractivity contribution in [2.24, 2.45) is 7.05 Å². The SMILES string of the molecule is Cn1ccn(Cc2nc(CCl)cs2)c1=O. The first-order chi connectivity index (χ1) is 7.20. The first-order valence-corrected chi connectivity index (χ1v) is 5.83. The molecule has 0 bridgehead atoms. The fraction of sp³-hybridized carbons (Fsp3) is 0.333. The molecule has 0 fully saturated rings. The summed E-state index contributed by atoms with van der Waals surface area (Å²) in [6.07, 6.45) is 3.49. The molecule has 80 valence electrons. The second-order valence-corrected chi connectivity index (χ2v) is 4.40. The maximum Gasteiger partial charge on any atom is 0.328 e. The van der Waals surface area contributed by atoms with Gasteiger partial charge in [0.05, 0.1) is 18.1 Å². The molecule has 0 radical (unpaired) electrons. The van der Waals surface area contributed by atoms with Gasteiger partial charge in [0, 0.05) is 24.8 Å². The van der Waals surface area contributed by atoms with Gasteiger partial charge in [-0.3, -0.25) is 4.57 Å². The van der Waals surface area contributed by atoms with Gasteiger partial charge in [0.1, 0.15) is 5.01 Å². The van der Waals surface area contributed by atoms with E-state index in [1.54, 1.807) is 24.0 Å². The highest BCUT2D eigenvalue weighted by Crippen LogP contribution is 2.12. The van der Waals surface area contributed by atoms with Crippen LogP contribution in [0, 0.1) is 0 Å². The fourth-order valence-corrected chi connectivity index (χ4v) is 2.28. The molecule has 2 heterocycles. The summed E-state index contributed by atoms with van der Waals surface area (Å²) in [6.45, 7) is 0.515. The standard InChI is InChI=1S/C9H10ClN3OS/c1-12-2-3-13(9(12)14)5-8-11-7(4-10)6-15-8/h2-3,6H,4-5H2,1H3. The van der Waals surface area contributed by atoms with Gasteiger partial charge in [0.25, 0.3) is 0 Å². The smallest absolute Gasteiger partial charge is 0.302 e. The van der Waals surface area contributed by atoms with Crippen LogP contribution in [0.3, 0.4) is 0 Å². The van der Waals surface area contributed by atoms with Crippen LogP contribution in [0.4, 0.5) is 0 Å². The van der Waals surface area contributed by atoms with Gasteiger partial charge in [-0.2, -0.15) is 0 Å². The highest BCUT2D eigenvalue weighted by Gasteiger charge is 2.04. The third-order valence-electron chi connectivity index (χ3n) is 2.06. The quantitative estimate of drug-likeness (QED) is 0.766. The maximum atomic E-state index is 11.5. The number of alkyl halides is 1. The zero-order valence-corrected chi connectivity index (χ0v) is 9.75. The van der Waals surface area contributed by atoms with Crippen molar-refractivity contribution >= 4 is 22.9 Å². The van der Waals surface area contributed by atoms with E-state index in [-0.39, 0.29) is 5.69 Å². The van der Waals surface area contributed by atoms with Crippen molar-refractivity contribution in [1.82, 2.24) is 14.1 Å². The molecule has 2 rings (SSSR count). The maximum absolute atomic E-state index is 11.5. The predicted molar refractivity (Wildman–Crippen MR) is 60.4 cm³/mol. The van der Waals surface area contributed by atoms with Crippen molar-refractivity contribution < 1.29 is 0 Å². The molecule has 0 N–H and O–H groups in total. The molecule has 4 nitrogen and oxygen atoms in total. The summed E-state index contributed by atoms with van der Waals surface area (Å²) >= 11 is 7.17. The van der Waals surface area contributed by atoms with E-state index in [2.05, 4.69) is 4.98 Å². The zero-order chi connectivity index (χ0) is 10.8. The van der Waals surface area contributed by atoms with Crippen molar-refractivity contribution in [2.45, 2.75) is 12.4 Å².